The number of carboxylic acids is 2. The van der Waals surface area contributed by atoms with Crippen LogP contribution in [0.15, 0.2) is 0 Å². The molecule has 0 saturated carbocycles. The van der Waals surface area contributed by atoms with E-state index in [0.29, 0.717) is 12.8 Å². The Bertz CT molecular complexity index is 193. The van der Waals surface area contributed by atoms with Crippen LogP contribution < -0.4 is 0 Å². The first-order valence-electron chi connectivity index (χ1n) is 4.10. The molecule has 76 valence electrons. The van der Waals surface area contributed by atoms with E-state index in [0.717, 1.165) is 6.42 Å². The summed E-state index contributed by atoms with van der Waals surface area (Å²) in [4.78, 5) is 21.0. The number of unbranched alkanes of at least 4 members (excludes halogenated alkanes) is 1. The summed E-state index contributed by atoms with van der Waals surface area (Å²) in [5.41, 5.74) is 0. The molecule has 0 radical (unpaired) electrons. The standard InChI is InChI=1S/C8H13ClO4/c1-2-3-4-5(7(10)11)6(9)8(12)13/h5-6H,2-4H2,1H3,(H,10,11)(H,12,13). The van der Waals surface area contributed by atoms with Crippen LogP contribution in [0.2, 0.25) is 0 Å². The average molecular weight is 209 g/mol. The maximum Gasteiger partial charge on any atom is 0.322 e. The van der Waals surface area contributed by atoms with Crippen LogP contribution in [0.4, 0.5) is 0 Å². The Hall–Kier alpha value is -0.770. The molecule has 0 saturated heterocycles. The summed E-state index contributed by atoms with van der Waals surface area (Å²) in [6.45, 7) is 1.91. The molecular formula is C8H13ClO4. The third kappa shape index (κ3) is 4.12. The fourth-order valence-electron chi connectivity index (χ4n) is 0.991. The van der Waals surface area contributed by atoms with Crippen molar-refractivity contribution in [3.8, 4) is 0 Å². The van der Waals surface area contributed by atoms with Gasteiger partial charge in [0, 0.05) is 0 Å². The molecule has 13 heavy (non-hydrogen) atoms. The molecule has 2 atom stereocenters. The zero-order valence-corrected chi connectivity index (χ0v) is 8.12. The van der Waals surface area contributed by atoms with Gasteiger partial charge in [-0.3, -0.25) is 9.59 Å². The van der Waals surface area contributed by atoms with E-state index >= 15 is 0 Å². The first-order chi connectivity index (χ1) is 6.00. The fraction of sp³-hybridized carbons (Fsp3) is 0.750. The number of carbonyl (C=O) groups is 2. The number of carboxylic acid groups (broad SMARTS) is 2. The molecule has 0 aliphatic rings. The van der Waals surface area contributed by atoms with Gasteiger partial charge in [-0.15, -0.1) is 11.6 Å². The van der Waals surface area contributed by atoms with Crippen LogP contribution in [0.1, 0.15) is 26.2 Å². The van der Waals surface area contributed by atoms with Crippen LogP contribution in [0, 0.1) is 5.92 Å². The zero-order chi connectivity index (χ0) is 10.4. The summed E-state index contributed by atoms with van der Waals surface area (Å²) in [7, 11) is 0. The number of halogens is 1. The monoisotopic (exact) mass is 208 g/mol. The van der Waals surface area contributed by atoms with Crippen molar-refractivity contribution in [3.05, 3.63) is 0 Å². The third-order valence-corrected chi connectivity index (χ3v) is 2.27. The van der Waals surface area contributed by atoms with E-state index in [1.807, 2.05) is 6.92 Å². The molecule has 0 amide bonds. The molecule has 0 aliphatic heterocycles. The molecule has 5 heteroatoms. The summed E-state index contributed by atoms with van der Waals surface area (Å²) in [6, 6.07) is 0. The van der Waals surface area contributed by atoms with Crippen molar-refractivity contribution < 1.29 is 19.8 Å². The summed E-state index contributed by atoms with van der Waals surface area (Å²) in [6.07, 6.45) is 1.81. The maximum absolute atomic E-state index is 10.6. The van der Waals surface area contributed by atoms with Gasteiger partial charge < -0.3 is 10.2 Å². The Kier molecular flexibility index (Phi) is 5.46. The van der Waals surface area contributed by atoms with Gasteiger partial charge in [-0.25, -0.2) is 0 Å². The Labute approximate surface area is 81.5 Å². The molecule has 0 aliphatic carbocycles. The van der Waals surface area contributed by atoms with Gasteiger partial charge >= 0.3 is 11.9 Å². The Balaban J connectivity index is 4.24. The predicted octanol–water partition coefficient (Wildman–Crippen LogP) is 1.57. The summed E-state index contributed by atoms with van der Waals surface area (Å²) in [5, 5.41) is 15.8. The van der Waals surface area contributed by atoms with Gasteiger partial charge in [-0.05, 0) is 6.42 Å². The first kappa shape index (κ1) is 12.2. The Morgan fingerprint density at radius 1 is 1.31 bits per heavy atom. The number of alkyl halides is 1. The predicted molar refractivity (Wildman–Crippen MR) is 47.9 cm³/mol. The molecule has 2 unspecified atom stereocenters. The van der Waals surface area contributed by atoms with Crippen molar-refractivity contribution in [3.63, 3.8) is 0 Å². The lowest BCUT2D eigenvalue weighted by atomic mass is 9.98. The highest BCUT2D eigenvalue weighted by atomic mass is 35.5. The molecule has 0 aromatic heterocycles. The van der Waals surface area contributed by atoms with Crippen LogP contribution in [0.5, 0.6) is 0 Å². The highest BCUT2D eigenvalue weighted by Crippen LogP contribution is 2.18. The molecule has 2 N–H and O–H groups in total. The second kappa shape index (κ2) is 5.80. The fourth-order valence-corrected chi connectivity index (χ4v) is 1.22. The van der Waals surface area contributed by atoms with Gasteiger partial charge in [-0.2, -0.15) is 0 Å². The molecule has 0 rings (SSSR count). The molecule has 0 spiro atoms. The number of hydrogen-bond donors (Lipinski definition) is 2. The Morgan fingerprint density at radius 3 is 2.15 bits per heavy atom. The SMILES string of the molecule is CCCCC(C(=O)O)C(Cl)C(=O)O. The second-order valence-electron chi connectivity index (χ2n) is 2.83. The maximum atomic E-state index is 10.6. The lowest BCUT2D eigenvalue weighted by molar-refractivity contribution is -0.148. The van der Waals surface area contributed by atoms with Crippen molar-refractivity contribution in [2.75, 3.05) is 0 Å². The summed E-state index contributed by atoms with van der Waals surface area (Å²) < 4.78 is 0. The minimum Gasteiger partial charge on any atom is -0.481 e. The van der Waals surface area contributed by atoms with E-state index in [1.54, 1.807) is 0 Å². The van der Waals surface area contributed by atoms with Gasteiger partial charge in [0.1, 0.15) is 5.38 Å². The van der Waals surface area contributed by atoms with Gasteiger partial charge in [-0.1, -0.05) is 19.8 Å². The first-order valence-corrected chi connectivity index (χ1v) is 4.54. The molecule has 0 aromatic carbocycles. The van der Waals surface area contributed by atoms with E-state index in [1.165, 1.54) is 0 Å². The van der Waals surface area contributed by atoms with Crippen molar-refractivity contribution in [2.45, 2.75) is 31.6 Å². The van der Waals surface area contributed by atoms with Gasteiger partial charge in [0.15, 0.2) is 0 Å². The highest BCUT2D eigenvalue weighted by Gasteiger charge is 2.31. The van der Waals surface area contributed by atoms with E-state index in [9.17, 15) is 9.59 Å². The van der Waals surface area contributed by atoms with Crippen LogP contribution in [-0.4, -0.2) is 27.5 Å². The molecule has 0 aromatic rings. The minimum atomic E-state index is -1.33. The lowest BCUT2D eigenvalue weighted by Gasteiger charge is -2.13. The van der Waals surface area contributed by atoms with Crippen molar-refractivity contribution in [2.24, 2.45) is 5.92 Å². The molecule has 0 heterocycles. The van der Waals surface area contributed by atoms with Crippen LogP contribution in [0.25, 0.3) is 0 Å². The molecular weight excluding hydrogens is 196 g/mol. The second-order valence-corrected chi connectivity index (χ2v) is 3.30. The summed E-state index contributed by atoms with van der Waals surface area (Å²) >= 11 is 5.43. The molecule has 0 fully saturated rings. The van der Waals surface area contributed by atoms with Gasteiger partial charge in [0.25, 0.3) is 0 Å². The Morgan fingerprint density at radius 2 is 1.85 bits per heavy atom. The highest BCUT2D eigenvalue weighted by molar-refractivity contribution is 6.30. The van der Waals surface area contributed by atoms with Crippen LogP contribution in [-0.2, 0) is 9.59 Å². The number of hydrogen-bond acceptors (Lipinski definition) is 2. The quantitative estimate of drug-likeness (QED) is 0.650. The van der Waals surface area contributed by atoms with Crippen molar-refractivity contribution >= 4 is 23.5 Å². The average Bonchev–Trinajstić information content (AvgIpc) is 2.04. The van der Waals surface area contributed by atoms with Crippen LogP contribution in [0.3, 0.4) is 0 Å². The van der Waals surface area contributed by atoms with Crippen molar-refractivity contribution in [1.82, 2.24) is 0 Å². The van der Waals surface area contributed by atoms with E-state index in [-0.39, 0.29) is 0 Å². The lowest BCUT2D eigenvalue weighted by Crippen LogP contribution is -2.30. The van der Waals surface area contributed by atoms with Crippen molar-refractivity contribution in [1.29, 1.82) is 0 Å². The number of aliphatic carboxylic acids is 2. The zero-order valence-electron chi connectivity index (χ0n) is 7.36. The van der Waals surface area contributed by atoms with E-state index < -0.39 is 23.2 Å². The molecule has 4 nitrogen and oxygen atoms in total. The van der Waals surface area contributed by atoms with E-state index in [4.69, 9.17) is 21.8 Å². The van der Waals surface area contributed by atoms with Gasteiger partial charge in [0.2, 0.25) is 0 Å². The topological polar surface area (TPSA) is 74.6 Å². The largest absolute Gasteiger partial charge is 0.481 e. The third-order valence-electron chi connectivity index (χ3n) is 1.78. The van der Waals surface area contributed by atoms with Crippen LogP contribution >= 0.6 is 11.6 Å². The molecule has 0 bridgehead atoms. The number of rotatable bonds is 6. The smallest absolute Gasteiger partial charge is 0.322 e. The normalized spacial score (nSPS) is 14.9. The summed E-state index contributed by atoms with van der Waals surface area (Å²) in [5.74, 6) is -3.40. The minimum absolute atomic E-state index is 0.312. The van der Waals surface area contributed by atoms with E-state index in [2.05, 4.69) is 0 Å². The van der Waals surface area contributed by atoms with Gasteiger partial charge in [0.05, 0.1) is 5.92 Å².